The van der Waals surface area contributed by atoms with Gasteiger partial charge in [-0.3, -0.25) is 0 Å². The van der Waals surface area contributed by atoms with Crippen molar-refractivity contribution in [2.24, 2.45) is 0 Å². The van der Waals surface area contributed by atoms with E-state index in [1.165, 1.54) is 6.33 Å². The molecule has 1 aromatic carbocycles. The van der Waals surface area contributed by atoms with E-state index in [0.717, 1.165) is 13.0 Å². The van der Waals surface area contributed by atoms with Gasteiger partial charge in [0, 0.05) is 25.7 Å². The van der Waals surface area contributed by atoms with Crippen LogP contribution in [0, 0.1) is 0 Å². The molecular formula is C17H20ClN3O5S. The maximum absolute atomic E-state index is 11.5. The first-order chi connectivity index (χ1) is 13.0. The molecular weight excluding hydrogens is 394 g/mol. The normalized spacial score (nSPS) is 19.1. The maximum atomic E-state index is 11.5. The van der Waals surface area contributed by atoms with Crippen LogP contribution in [0.1, 0.15) is 6.42 Å². The second-order valence-corrected chi connectivity index (χ2v) is 9.15. The van der Waals surface area contributed by atoms with E-state index in [9.17, 15) is 8.42 Å². The van der Waals surface area contributed by atoms with E-state index in [1.54, 1.807) is 6.07 Å². The second-order valence-electron chi connectivity index (χ2n) is 6.48. The monoisotopic (exact) mass is 413 g/mol. The second kappa shape index (κ2) is 7.65. The van der Waals surface area contributed by atoms with Crippen molar-refractivity contribution in [1.29, 1.82) is 0 Å². The molecule has 0 atom stereocenters. The van der Waals surface area contributed by atoms with Gasteiger partial charge in [-0.1, -0.05) is 11.6 Å². The topological polar surface area (TPSA) is 90.9 Å². The highest BCUT2D eigenvalue weighted by Crippen LogP contribution is 2.46. The Hall–Kier alpha value is -1.84. The Morgan fingerprint density at radius 2 is 1.89 bits per heavy atom. The number of nitrogens with zero attached hydrogens (tertiary/aromatic N) is 3. The molecule has 0 N–H and O–H groups in total. The predicted molar refractivity (Wildman–Crippen MR) is 101 cm³/mol. The SMILES string of the molecule is O=S1(=O)CCN(CCCOc2cc3ncnc(Cl)c3c3c2OCCO3)CC1. The van der Waals surface area contributed by atoms with E-state index in [1.807, 2.05) is 0 Å². The molecule has 0 aliphatic carbocycles. The fourth-order valence-corrected chi connectivity index (χ4v) is 4.73. The number of hydrogen-bond acceptors (Lipinski definition) is 8. The first kappa shape index (κ1) is 18.5. The smallest absolute Gasteiger partial charge is 0.204 e. The molecule has 146 valence electrons. The Kier molecular flexibility index (Phi) is 5.25. The number of halogens is 1. The molecule has 2 aliphatic rings. The third-order valence-electron chi connectivity index (χ3n) is 4.64. The highest BCUT2D eigenvalue weighted by atomic mass is 35.5. The number of sulfone groups is 1. The molecule has 2 aliphatic heterocycles. The average molecular weight is 414 g/mol. The number of aromatic nitrogens is 2. The molecule has 0 unspecified atom stereocenters. The van der Waals surface area contributed by atoms with Crippen LogP contribution in [0.2, 0.25) is 5.15 Å². The van der Waals surface area contributed by atoms with E-state index in [2.05, 4.69) is 14.9 Å². The number of ether oxygens (including phenoxy) is 3. The lowest BCUT2D eigenvalue weighted by atomic mass is 10.2. The van der Waals surface area contributed by atoms with E-state index in [4.69, 9.17) is 25.8 Å². The van der Waals surface area contributed by atoms with Crippen LogP contribution in [0.4, 0.5) is 0 Å². The summed E-state index contributed by atoms with van der Waals surface area (Å²) in [6, 6.07) is 1.78. The average Bonchev–Trinajstić information content (AvgIpc) is 2.66. The Bertz CT molecular complexity index is 939. The molecule has 1 saturated heterocycles. The Morgan fingerprint density at radius 1 is 1.15 bits per heavy atom. The molecule has 1 fully saturated rings. The fourth-order valence-electron chi connectivity index (χ4n) is 3.22. The lowest BCUT2D eigenvalue weighted by Gasteiger charge is -2.26. The largest absolute Gasteiger partial charge is 0.489 e. The standard InChI is InChI=1S/C17H20ClN3O5S/c18-17-14-12(19-11-20-17)10-13(15-16(14)26-7-6-25-15)24-5-1-2-21-3-8-27(22,23)9-4-21/h10-11H,1-9H2. The van der Waals surface area contributed by atoms with Gasteiger partial charge in [-0.05, 0) is 6.42 Å². The van der Waals surface area contributed by atoms with Crippen molar-refractivity contribution in [3.8, 4) is 17.2 Å². The van der Waals surface area contributed by atoms with Crippen molar-refractivity contribution in [2.75, 3.05) is 51.0 Å². The summed E-state index contributed by atoms with van der Waals surface area (Å²) in [5, 5.41) is 0.934. The minimum Gasteiger partial charge on any atom is -0.489 e. The number of rotatable bonds is 5. The van der Waals surface area contributed by atoms with Gasteiger partial charge in [-0.25, -0.2) is 18.4 Å². The molecule has 1 aromatic heterocycles. The van der Waals surface area contributed by atoms with Crippen molar-refractivity contribution >= 4 is 32.3 Å². The summed E-state index contributed by atoms with van der Waals surface area (Å²) in [5.41, 5.74) is 0.635. The zero-order valence-corrected chi connectivity index (χ0v) is 16.3. The predicted octanol–water partition coefficient (Wildman–Crippen LogP) is 1.55. The van der Waals surface area contributed by atoms with Gasteiger partial charge in [-0.15, -0.1) is 0 Å². The van der Waals surface area contributed by atoms with Crippen LogP contribution in [-0.2, 0) is 9.84 Å². The Balaban J connectivity index is 1.43. The molecule has 8 nitrogen and oxygen atoms in total. The molecule has 2 aromatic rings. The van der Waals surface area contributed by atoms with Crippen molar-refractivity contribution in [3.05, 3.63) is 17.5 Å². The van der Waals surface area contributed by atoms with E-state index < -0.39 is 9.84 Å². The molecule has 0 amide bonds. The minimum absolute atomic E-state index is 0.234. The summed E-state index contributed by atoms with van der Waals surface area (Å²) < 4.78 is 40.4. The Labute approximate surface area is 162 Å². The van der Waals surface area contributed by atoms with Gasteiger partial charge < -0.3 is 19.1 Å². The van der Waals surface area contributed by atoms with Crippen LogP contribution in [0.25, 0.3) is 10.9 Å². The highest BCUT2D eigenvalue weighted by Gasteiger charge is 2.24. The van der Waals surface area contributed by atoms with Crippen molar-refractivity contribution < 1.29 is 22.6 Å². The molecule has 0 radical (unpaired) electrons. The lowest BCUT2D eigenvalue weighted by molar-refractivity contribution is 0.162. The molecule has 0 bridgehead atoms. The van der Waals surface area contributed by atoms with Gasteiger partial charge in [0.05, 0.1) is 29.0 Å². The zero-order chi connectivity index (χ0) is 18.9. The van der Waals surface area contributed by atoms with E-state index >= 15 is 0 Å². The molecule has 0 spiro atoms. The van der Waals surface area contributed by atoms with Crippen molar-refractivity contribution in [2.45, 2.75) is 6.42 Å². The lowest BCUT2D eigenvalue weighted by Crippen LogP contribution is -2.40. The summed E-state index contributed by atoms with van der Waals surface area (Å²) in [7, 11) is -2.85. The highest BCUT2D eigenvalue weighted by molar-refractivity contribution is 7.91. The van der Waals surface area contributed by atoms with Gasteiger partial charge in [0.25, 0.3) is 0 Å². The summed E-state index contributed by atoms with van der Waals surface area (Å²) >= 11 is 6.20. The third kappa shape index (κ3) is 4.04. The van der Waals surface area contributed by atoms with Crippen LogP contribution < -0.4 is 14.2 Å². The van der Waals surface area contributed by atoms with Crippen LogP contribution in [0.15, 0.2) is 12.4 Å². The molecule has 27 heavy (non-hydrogen) atoms. The van der Waals surface area contributed by atoms with E-state index in [-0.39, 0.29) is 11.5 Å². The molecule has 3 heterocycles. The van der Waals surface area contributed by atoms with Crippen molar-refractivity contribution in [3.63, 3.8) is 0 Å². The summed E-state index contributed by atoms with van der Waals surface area (Å²) in [5.74, 6) is 2.07. The third-order valence-corrected chi connectivity index (χ3v) is 6.54. The van der Waals surface area contributed by atoms with E-state index in [0.29, 0.717) is 66.2 Å². The number of hydrogen-bond donors (Lipinski definition) is 0. The maximum Gasteiger partial charge on any atom is 0.204 e. The summed E-state index contributed by atoms with van der Waals surface area (Å²) in [6.45, 7) is 3.29. The summed E-state index contributed by atoms with van der Waals surface area (Å²) in [6.07, 6.45) is 2.17. The summed E-state index contributed by atoms with van der Waals surface area (Å²) in [4.78, 5) is 10.4. The molecule has 0 saturated carbocycles. The van der Waals surface area contributed by atoms with Crippen LogP contribution in [0.3, 0.4) is 0 Å². The zero-order valence-electron chi connectivity index (χ0n) is 14.7. The quantitative estimate of drug-likeness (QED) is 0.538. The minimum atomic E-state index is -2.85. The first-order valence-corrected chi connectivity index (χ1v) is 11.0. The Morgan fingerprint density at radius 3 is 2.67 bits per heavy atom. The van der Waals surface area contributed by atoms with Crippen LogP contribution in [-0.4, -0.2) is 74.2 Å². The number of fused-ring (bicyclic) bond motifs is 3. The first-order valence-electron chi connectivity index (χ1n) is 8.82. The van der Waals surface area contributed by atoms with Gasteiger partial charge in [-0.2, -0.15) is 0 Å². The van der Waals surface area contributed by atoms with Gasteiger partial charge in [0.2, 0.25) is 5.75 Å². The molecule has 4 rings (SSSR count). The van der Waals surface area contributed by atoms with Crippen molar-refractivity contribution in [1.82, 2.24) is 14.9 Å². The van der Waals surface area contributed by atoms with Crippen LogP contribution in [0.5, 0.6) is 17.2 Å². The van der Waals surface area contributed by atoms with Gasteiger partial charge >= 0.3 is 0 Å². The number of benzene rings is 1. The van der Waals surface area contributed by atoms with Gasteiger partial charge in [0.1, 0.15) is 24.7 Å². The molecule has 10 heteroatoms. The fraction of sp³-hybridized carbons (Fsp3) is 0.529. The van der Waals surface area contributed by atoms with Gasteiger partial charge in [0.15, 0.2) is 21.3 Å². The van der Waals surface area contributed by atoms with Crippen LogP contribution >= 0.6 is 11.6 Å².